The van der Waals surface area contributed by atoms with E-state index in [9.17, 15) is 22.8 Å². The number of nitrogens with zero attached hydrogens (tertiary/aromatic N) is 1. The molecule has 0 aliphatic carbocycles. The predicted molar refractivity (Wildman–Crippen MR) is 66.8 cm³/mol. The summed E-state index contributed by atoms with van der Waals surface area (Å²) in [6.45, 7) is 2.71. The van der Waals surface area contributed by atoms with Crippen LogP contribution in [0, 0.1) is 5.92 Å². The Bertz CT molecular complexity index is 416. The number of aliphatic carboxylic acids is 1. The van der Waals surface area contributed by atoms with E-state index in [1.54, 1.807) is 5.32 Å². The molecule has 0 aromatic heterocycles. The Hall–Kier alpha value is -1.51. The van der Waals surface area contributed by atoms with Crippen molar-refractivity contribution in [2.24, 2.45) is 5.92 Å². The highest BCUT2D eigenvalue weighted by atomic mass is 19.4. The fraction of sp³-hybridized carbons (Fsp3) is 0.833. The second kappa shape index (κ2) is 6.08. The van der Waals surface area contributed by atoms with Gasteiger partial charge in [-0.05, 0) is 19.3 Å². The summed E-state index contributed by atoms with van der Waals surface area (Å²) in [7, 11) is 1.46. The third-order valence-electron chi connectivity index (χ3n) is 3.83. The van der Waals surface area contributed by atoms with Crippen LogP contribution in [-0.4, -0.2) is 60.0 Å². The zero-order valence-electron chi connectivity index (χ0n) is 12.0. The molecule has 1 aliphatic heterocycles. The van der Waals surface area contributed by atoms with E-state index in [1.165, 1.54) is 7.11 Å². The number of likely N-dealkylation sites (tertiary alicyclic amines) is 1. The first kappa shape index (κ1) is 17.5. The van der Waals surface area contributed by atoms with Gasteiger partial charge in [0.1, 0.15) is 0 Å². The Morgan fingerprint density at radius 3 is 2.38 bits per heavy atom. The van der Waals surface area contributed by atoms with Gasteiger partial charge >= 0.3 is 18.2 Å². The first-order valence-corrected chi connectivity index (χ1v) is 6.43. The van der Waals surface area contributed by atoms with E-state index in [0.717, 1.165) is 4.90 Å². The van der Waals surface area contributed by atoms with Crippen molar-refractivity contribution in [2.75, 3.05) is 20.2 Å². The van der Waals surface area contributed by atoms with Crippen molar-refractivity contribution in [3.05, 3.63) is 0 Å². The summed E-state index contributed by atoms with van der Waals surface area (Å²) in [5.74, 6) is -1.98. The van der Waals surface area contributed by atoms with E-state index in [4.69, 9.17) is 9.84 Å². The molecular formula is C12H19F3N2O4. The third-order valence-corrected chi connectivity index (χ3v) is 3.83. The third kappa shape index (κ3) is 3.58. The highest BCUT2D eigenvalue weighted by Crippen LogP contribution is 2.31. The lowest BCUT2D eigenvalue weighted by molar-refractivity contribution is -0.203. The van der Waals surface area contributed by atoms with Crippen LogP contribution in [0.15, 0.2) is 0 Å². The molecule has 122 valence electrons. The van der Waals surface area contributed by atoms with Gasteiger partial charge in [-0.1, -0.05) is 6.92 Å². The molecule has 3 atom stereocenters. The Morgan fingerprint density at radius 1 is 1.38 bits per heavy atom. The van der Waals surface area contributed by atoms with Crippen LogP contribution < -0.4 is 5.32 Å². The molecule has 1 heterocycles. The van der Waals surface area contributed by atoms with Crippen LogP contribution >= 0.6 is 0 Å². The highest BCUT2D eigenvalue weighted by molar-refractivity contribution is 5.86. The summed E-state index contributed by atoms with van der Waals surface area (Å²) in [6.07, 6.45) is -4.81. The molecule has 1 fully saturated rings. The lowest BCUT2D eigenvalue weighted by Crippen LogP contribution is -2.65. The number of urea groups is 1. The maximum atomic E-state index is 12.8. The number of piperidine rings is 1. The highest BCUT2D eigenvalue weighted by Gasteiger charge is 2.59. The monoisotopic (exact) mass is 312 g/mol. The van der Waals surface area contributed by atoms with E-state index in [1.807, 2.05) is 6.92 Å². The Kier molecular flexibility index (Phi) is 5.08. The fourth-order valence-electron chi connectivity index (χ4n) is 2.06. The minimum atomic E-state index is -5.10. The van der Waals surface area contributed by atoms with Gasteiger partial charge in [0.25, 0.3) is 0 Å². The van der Waals surface area contributed by atoms with E-state index in [-0.39, 0.29) is 25.1 Å². The number of carboxylic acids is 1. The minimum absolute atomic E-state index is 0.122. The van der Waals surface area contributed by atoms with Crippen LogP contribution in [0.3, 0.4) is 0 Å². The zero-order valence-corrected chi connectivity index (χ0v) is 12.0. The molecule has 3 unspecified atom stereocenters. The average Bonchev–Trinajstić information content (AvgIpc) is 2.37. The van der Waals surface area contributed by atoms with Gasteiger partial charge in [-0.2, -0.15) is 13.2 Å². The number of nitrogens with one attached hydrogen (secondary N) is 1. The van der Waals surface area contributed by atoms with Gasteiger partial charge in [-0.15, -0.1) is 0 Å². The summed E-state index contributed by atoms with van der Waals surface area (Å²) in [6, 6.07) is -1.06. The number of alkyl halides is 3. The molecule has 2 amide bonds. The normalized spacial score (nSPS) is 26.1. The van der Waals surface area contributed by atoms with Crippen molar-refractivity contribution in [2.45, 2.75) is 38.1 Å². The molecule has 6 nitrogen and oxygen atoms in total. The number of hydrogen-bond donors (Lipinski definition) is 2. The Morgan fingerprint density at radius 2 is 1.95 bits per heavy atom. The van der Waals surface area contributed by atoms with Crippen molar-refractivity contribution in [1.29, 1.82) is 0 Å². The molecule has 0 saturated carbocycles. The van der Waals surface area contributed by atoms with Gasteiger partial charge in [0, 0.05) is 20.2 Å². The molecule has 1 rings (SSSR count). The van der Waals surface area contributed by atoms with Crippen LogP contribution in [0.25, 0.3) is 0 Å². The van der Waals surface area contributed by atoms with E-state index in [2.05, 4.69) is 0 Å². The number of rotatable bonds is 3. The molecule has 0 bridgehead atoms. The van der Waals surface area contributed by atoms with Crippen LogP contribution in [-0.2, 0) is 9.53 Å². The van der Waals surface area contributed by atoms with Gasteiger partial charge in [-0.25, -0.2) is 9.59 Å². The lowest BCUT2D eigenvalue weighted by Gasteiger charge is -2.38. The van der Waals surface area contributed by atoms with E-state index < -0.39 is 23.7 Å². The molecule has 9 heteroatoms. The quantitative estimate of drug-likeness (QED) is 0.827. The smallest absolute Gasteiger partial charge is 0.422 e. The van der Waals surface area contributed by atoms with Crippen molar-refractivity contribution in [1.82, 2.24) is 10.2 Å². The number of methoxy groups -OCH3 is 1. The summed E-state index contributed by atoms with van der Waals surface area (Å²) >= 11 is 0. The molecule has 0 spiro atoms. The minimum Gasteiger partial charge on any atom is -0.479 e. The summed E-state index contributed by atoms with van der Waals surface area (Å²) < 4.78 is 43.7. The number of halogens is 3. The molecule has 21 heavy (non-hydrogen) atoms. The summed E-state index contributed by atoms with van der Waals surface area (Å²) in [5, 5.41) is 10.3. The number of carboxylic acid groups (broad SMARTS) is 1. The van der Waals surface area contributed by atoms with Crippen LogP contribution in [0.1, 0.15) is 20.3 Å². The molecular weight excluding hydrogens is 293 g/mol. The van der Waals surface area contributed by atoms with Crippen molar-refractivity contribution in [3.8, 4) is 0 Å². The molecule has 0 radical (unpaired) electrons. The number of carbonyl (C=O) groups excluding carboxylic acids is 1. The van der Waals surface area contributed by atoms with Gasteiger partial charge in [0.15, 0.2) is 0 Å². The molecule has 2 N–H and O–H groups in total. The van der Waals surface area contributed by atoms with E-state index in [0.29, 0.717) is 13.3 Å². The van der Waals surface area contributed by atoms with Crippen molar-refractivity contribution in [3.63, 3.8) is 0 Å². The standard InChI is InChI=1S/C12H19F3N2O4/c1-7-4-5-17(6-8(7)21-3)10(20)16-11(2,9(18)19)12(13,14)15/h7-8H,4-6H2,1-3H3,(H,16,20)(H,18,19). The van der Waals surface area contributed by atoms with Crippen molar-refractivity contribution < 1.29 is 32.6 Å². The fourth-order valence-corrected chi connectivity index (χ4v) is 2.06. The SMILES string of the molecule is COC1CN(C(=O)NC(C)(C(=O)O)C(F)(F)F)CCC1C. The Balaban J connectivity index is 2.82. The number of amides is 2. The zero-order chi connectivity index (χ0) is 16.4. The number of carbonyl (C=O) groups is 2. The first-order valence-electron chi connectivity index (χ1n) is 6.43. The van der Waals surface area contributed by atoms with Gasteiger partial charge in [0.05, 0.1) is 6.10 Å². The number of hydrogen-bond acceptors (Lipinski definition) is 3. The van der Waals surface area contributed by atoms with Crippen LogP contribution in [0.5, 0.6) is 0 Å². The van der Waals surface area contributed by atoms with Crippen molar-refractivity contribution >= 4 is 12.0 Å². The number of ether oxygens (including phenoxy) is 1. The Labute approximate surface area is 120 Å². The molecule has 0 aromatic carbocycles. The average molecular weight is 312 g/mol. The predicted octanol–water partition coefficient (Wildman–Crippen LogP) is 1.46. The van der Waals surface area contributed by atoms with Gasteiger partial charge in [0.2, 0.25) is 5.54 Å². The van der Waals surface area contributed by atoms with Crippen LogP contribution in [0.4, 0.5) is 18.0 Å². The van der Waals surface area contributed by atoms with Gasteiger partial charge in [-0.3, -0.25) is 0 Å². The largest absolute Gasteiger partial charge is 0.479 e. The topological polar surface area (TPSA) is 78.9 Å². The maximum absolute atomic E-state index is 12.8. The molecule has 1 saturated heterocycles. The first-order chi connectivity index (χ1) is 9.52. The summed E-state index contributed by atoms with van der Waals surface area (Å²) in [4.78, 5) is 23.9. The van der Waals surface area contributed by atoms with E-state index >= 15 is 0 Å². The lowest BCUT2D eigenvalue weighted by atomic mass is 9.96. The molecule has 1 aliphatic rings. The second-order valence-corrected chi connectivity index (χ2v) is 5.34. The molecule has 0 aromatic rings. The van der Waals surface area contributed by atoms with Crippen LogP contribution in [0.2, 0.25) is 0 Å². The summed E-state index contributed by atoms with van der Waals surface area (Å²) in [5.41, 5.74) is -3.32. The van der Waals surface area contributed by atoms with Gasteiger partial charge < -0.3 is 20.1 Å². The maximum Gasteiger partial charge on any atom is 0.422 e. The second-order valence-electron chi connectivity index (χ2n) is 5.34.